The fourth-order valence-electron chi connectivity index (χ4n) is 2.07. The van der Waals surface area contributed by atoms with Crippen molar-refractivity contribution in [1.29, 1.82) is 0 Å². The summed E-state index contributed by atoms with van der Waals surface area (Å²) >= 11 is 0. The molecule has 2 aromatic rings. The van der Waals surface area contributed by atoms with Crippen molar-refractivity contribution in [3.8, 4) is 5.75 Å². The van der Waals surface area contributed by atoms with E-state index in [1.54, 1.807) is 11.8 Å². The molecule has 0 N–H and O–H groups in total. The van der Waals surface area contributed by atoms with Crippen LogP contribution in [0.1, 0.15) is 28.7 Å². The number of aromatic nitrogens is 2. The summed E-state index contributed by atoms with van der Waals surface area (Å²) in [5.41, 5.74) is 2.49. The Kier molecular flexibility index (Phi) is 4.00. The lowest BCUT2D eigenvalue weighted by molar-refractivity contribution is 0.0982. The predicted molar refractivity (Wildman–Crippen MR) is 73.7 cm³/mol. The lowest BCUT2D eigenvalue weighted by atomic mass is 10.1. The molecule has 0 fully saturated rings. The topological polar surface area (TPSA) is 44.1 Å². The first-order valence-corrected chi connectivity index (χ1v) is 6.34. The molecule has 0 aliphatic heterocycles. The van der Waals surface area contributed by atoms with Crippen molar-refractivity contribution in [3.05, 3.63) is 47.3 Å². The molecule has 0 spiro atoms. The highest BCUT2D eigenvalue weighted by Gasteiger charge is 2.13. The third-order valence-corrected chi connectivity index (χ3v) is 2.99. The monoisotopic (exact) mass is 258 g/mol. The number of hydrogen-bond acceptors (Lipinski definition) is 3. The molecule has 100 valence electrons. The molecule has 0 unspecified atom stereocenters. The summed E-state index contributed by atoms with van der Waals surface area (Å²) in [6.45, 7) is 4.58. The summed E-state index contributed by atoms with van der Waals surface area (Å²) in [5, 5.41) is 4.30. The van der Waals surface area contributed by atoms with Gasteiger partial charge in [0.2, 0.25) is 0 Å². The Bertz CT molecular complexity index is 588. The van der Waals surface area contributed by atoms with Gasteiger partial charge in [0.25, 0.3) is 0 Å². The largest absolute Gasteiger partial charge is 0.497 e. The minimum atomic E-state index is 0.0794. The first-order valence-electron chi connectivity index (χ1n) is 6.34. The molecular weight excluding hydrogens is 240 g/mol. The van der Waals surface area contributed by atoms with Crippen LogP contribution >= 0.6 is 0 Å². The molecule has 0 bridgehead atoms. The van der Waals surface area contributed by atoms with Gasteiger partial charge in [-0.1, -0.05) is 12.1 Å². The van der Waals surface area contributed by atoms with E-state index in [-0.39, 0.29) is 5.78 Å². The smallest absolute Gasteiger partial charge is 0.185 e. The zero-order chi connectivity index (χ0) is 13.8. The van der Waals surface area contributed by atoms with Crippen molar-refractivity contribution in [1.82, 2.24) is 9.78 Å². The molecule has 0 atom stereocenters. The molecule has 19 heavy (non-hydrogen) atoms. The first-order chi connectivity index (χ1) is 9.13. The van der Waals surface area contributed by atoms with Gasteiger partial charge in [-0.3, -0.25) is 9.48 Å². The maximum atomic E-state index is 12.3. The SMILES string of the molecule is CCn1nc(C)cc1C(=O)Cc1cccc(OC)c1. The summed E-state index contributed by atoms with van der Waals surface area (Å²) in [7, 11) is 1.62. The molecule has 2 rings (SSSR count). The molecule has 4 nitrogen and oxygen atoms in total. The Labute approximate surface area is 113 Å². The van der Waals surface area contributed by atoms with Gasteiger partial charge in [0, 0.05) is 13.0 Å². The lowest BCUT2D eigenvalue weighted by Crippen LogP contribution is -2.11. The first kappa shape index (κ1) is 13.3. The summed E-state index contributed by atoms with van der Waals surface area (Å²) in [5.74, 6) is 0.848. The van der Waals surface area contributed by atoms with E-state index in [1.807, 2.05) is 44.2 Å². The number of nitrogens with zero attached hydrogens (tertiary/aromatic N) is 2. The third kappa shape index (κ3) is 3.02. The minimum absolute atomic E-state index is 0.0794. The van der Waals surface area contributed by atoms with E-state index in [9.17, 15) is 4.79 Å². The van der Waals surface area contributed by atoms with Crippen LogP contribution in [0, 0.1) is 6.92 Å². The molecule has 0 amide bonds. The average molecular weight is 258 g/mol. The van der Waals surface area contributed by atoms with Crippen molar-refractivity contribution in [2.45, 2.75) is 26.8 Å². The number of methoxy groups -OCH3 is 1. The fraction of sp³-hybridized carbons (Fsp3) is 0.333. The normalized spacial score (nSPS) is 10.5. The van der Waals surface area contributed by atoms with E-state index in [0.717, 1.165) is 17.0 Å². The number of carbonyl (C=O) groups is 1. The summed E-state index contributed by atoms with van der Waals surface area (Å²) in [6, 6.07) is 9.42. The van der Waals surface area contributed by atoms with Gasteiger partial charge in [-0.15, -0.1) is 0 Å². The van der Waals surface area contributed by atoms with Crippen LogP contribution in [0.25, 0.3) is 0 Å². The van der Waals surface area contributed by atoms with Crippen molar-refractivity contribution >= 4 is 5.78 Å². The number of hydrogen-bond donors (Lipinski definition) is 0. The maximum Gasteiger partial charge on any atom is 0.185 e. The number of ether oxygens (including phenoxy) is 1. The standard InChI is InChI=1S/C15H18N2O2/c1-4-17-14(8-11(2)16-17)15(18)10-12-6-5-7-13(9-12)19-3/h5-9H,4,10H2,1-3H3. The molecule has 1 aromatic heterocycles. The zero-order valence-corrected chi connectivity index (χ0v) is 11.5. The fourth-order valence-corrected chi connectivity index (χ4v) is 2.07. The number of ketones is 1. The second kappa shape index (κ2) is 5.69. The van der Waals surface area contributed by atoms with E-state index >= 15 is 0 Å². The van der Waals surface area contributed by atoms with Gasteiger partial charge in [0.1, 0.15) is 11.4 Å². The predicted octanol–water partition coefficient (Wildman–Crippen LogP) is 2.65. The van der Waals surface area contributed by atoms with E-state index in [4.69, 9.17) is 4.74 Å². The molecule has 1 aromatic carbocycles. The van der Waals surface area contributed by atoms with Crippen LogP contribution in [-0.2, 0) is 13.0 Å². The number of benzene rings is 1. The summed E-state index contributed by atoms with van der Waals surface area (Å²) in [4.78, 5) is 12.3. The van der Waals surface area contributed by atoms with Crippen LogP contribution in [0.2, 0.25) is 0 Å². The highest BCUT2D eigenvalue weighted by molar-refractivity contribution is 5.96. The van der Waals surface area contributed by atoms with Gasteiger partial charge in [0.15, 0.2) is 5.78 Å². The average Bonchev–Trinajstić information content (AvgIpc) is 2.80. The second-order valence-corrected chi connectivity index (χ2v) is 4.44. The van der Waals surface area contributed by atoms with E-state index in [1.165, 1.54) is 0 Å². The molecule has 1 heterocycles. The van der Waals surface area contributed by atoms with E-state index < -0.39 is 0 Å². The van der Waals surface area contributed by atoms with Crippen molar-refractivity contribution in [2.75, 3.05) is 7.11 Å². The molecule has 0 aliphatic rings. The Morgan fingerprint density at radius 1 is 1.37 bits per heavy atom. The molecule has 0 saturated carbocycles. The van der Waals surface area contributed by atoms with Crippen molar-refractivity contribution in [2.24, 2.45) is 0 Å². The van der Waals surface area contributed by atoms with Crippen LogP contribution in [0.15, 0.2) is 30.3 Å². The molecule has 4 heteroatoms. The second-order valence-electron chi connectivity index (χ2n) is 4.44. The van der Waals surface area contributed by atoms with Crippen molar-refractivity contribution in [3.63, 3.8) is 0 Å². The van der Waals surface area contributed by atoms with E-state index in [2.05, 4.69) is 5.10 Å². The van der Waals surface area contributed by atoms with Gasteiger partial charge in [0.05, 0.1) is 12.8 Å². The number of Topliss-reactive ketones (excluding diaryl/α,β-unsaturated/α-hetero) is 1. The van der Waals surface area contributed by atoms with Crippen LogP contribution in [0.4, 0.5) is 0 Å². The number of rotatable bonds is 5. The Morgan fingerprint density at radius 3 is 2.84 bits per heavy atom. The van der Waals surface area contributed by atoms with Crippen LogP contribution in [0.3, 0.4) is 0 Å². The molecular formula is C15H18N2O2. The molecule has 0 radical (unpaired) electrons. The highest BCUT2D eigenvalue weighted by atomic mass is 16.5. The number of aryl methyl sites for hydroxylation is 2. The van der Waals surface area contributed by atoms with Gasteiger partial charge in [-0.05, 0) is 37.6 Å². The lowest BCUT2D eigenvalue weighted by Gasteiger charge is -2.05. The molecule has 0 saturated heterocycles. The van der Waals surface area contributed by atoms with E-state index in [0.29, 0.717) is 18.7 Å². The van der Waals surface area contributed by atoms with Gasteiger partial charge in [-0.2, -0.15) is 5.10 Å². The maximum absolute atomic E-state index is 12.3. The number of carbonyl (C=O) groups excluding carboxylic acids is 1. The Balaban J connectivity index is 2.20. The van der Waals surface area contributed by atoms with Crippen LogP contribution in [-0.4, -0.2) is 22.7 Å². The van der Waals surface area contributed by atoms with Crippen LogP contribution < -0.4 is 4.74 Å². The van der Waals surface area contributed by atoms with Crippen molar-refractivity contribution < 1.29 is 9.53 Å². The summed E-state index contributed by atoms with van der Waals surface area (Å²) < 4.78 is 6.91. The third-order valence-electron chi connectivity index (χ3n) is 2.99. The minimum Gasteiger partial charge on any atom is -0.497 e. The Morgan fingerprint density at radius 2 is 2.16 bits per heavy atom. The zero-order valence-electron chi connectivity index (χ0n) is 11.5. The van der Waals surface area contributed by atoms with Crippen LogP contribution in [0.5, 0.6) is 5.75 Å². The van der Waals surface area contributed by atoms with Gasteiger partial charge in [-0.25, -0.2) is 0 Å². The Hall–Kier alpha value is -2.10. The summed E-state index contributed by atoms with van der Waals surface area (Å²) in [6.07, 6.45) is 0.363. The highest BCUT2D eigenvalue weighted by Crippen LogP contribution is 2.15. The van der Waals surface area contributed by atoms with Gasteiger partial charge >= 0.3 is 0 Å². The quantitative estimate of drug-likeness (QED) is 0.774. The van der Waals surface area contributed by atoms with Gasteiger partial charge < -0.3 is 4.74 Å². The molecule has 0 aliphatic carbocycles.